The predicted octanol–water partition coefficient (Wildman–Crippen LogP) is 2.53. The minimum atomic E-state index is -4.98. The molecule has 2 N–H and O–H groups in total. The molecule has 4 heterocycles. The lowest BCUT2D eigenvalue weighted by atomic mass is 10.0. The second-order valence-electron chi connectivity index (χ2n) is 10.3. The SMILES string of the molecule is C[C@@H]1CN(c2cc(F)c(-c3cnc(N(C)C4COC4)nc3)cc2-n2cc(C(N)=O)c(C(F)(F)F)cc2=O)CCN1C. The second-order valence-corrected chi connectivity index (χ2v) is 10.3. The van der Waals surface area contributed by atoms with Crippen LogP contribution in [0.2, 0.25) is 0 Å². The number of primary amides is 1. The molecule has 1 atom stereocenters. The highest BCUT2D eigenvalue weighted by Gasteiger charge is 2.36. The van der Waals surface area contributed by atoms with Gasteiger partial charge in [0.05, 0.1) is 41.8 Å². The normalized spacial score (nSPS) is 18.3. The van der Waals surface area contributed by atoms with Gasteiger partial charge in [0.15, 0.2) is 0 Å². The maximum Gasteiger partial charge on any atom is 0.417 e. The van der Waals surface area contributed by atoms with Crippen LogP contribution in [-0.4, -0.2) is 84.4 Å². The van der Waals surface area contributed by atoms with Crippen LogP contribution >= 0.6 is 0 Å². The van der Waals surface area contributed by atoms with Gasteiger partial charge < -0.3 is 25.2 Å². The van der Waals surface area contributed by atoms with Gasteiger partial charge in [0.25, 0.3) is 11.5 Å². The van der Waals surface area contributed by atoms with Gasteiger partial charge >= 0.3 is 6.18 Å². The van der Waals surface area contributed by atoms with Crippen LogP contribution < -0.4 is 21.1 Å². The van der Waals surface area contributed by atoms with Crippen LogP contribution in [0, 0.1) is 5.82 Å². The van der Waals surface area contributed by atoms with Gasteiger partial charge in [0.2, 0.25) is 5.95 Å². The largest absolute Gasteiger partial charge is 0.417 e. The molecule has 10 nitrogen and oxygen atoms in total. The van der Waals surface area contributed by atoms with Gasteiger partial charge in [-0.25, -0.2) is 14.4 Å². The summed E-state index contributed by atoms with van der Waals surface area (Å²) in [5.41, 5.74) is 2.60. The summed E-state index contributed by atoms with van der Waals surface area (Å²) < 4.78 is 62.7. The topological polar surface area (TPSA) is 110 Å². The van der Waals surface area contributed by atoms with Gasteiger partial charge in [-0.1, -0.05) is 0 Å². The highest BCUT2D eigenvalue weighted by molar-refractivity contribution is 5.94. The number of aromatic nitrogens is 3. The number of pyridine rings is 1. The molecule has 0 spiro atoms. The van der Waals surface area contributed by atoms with Crippen molar-refractivity contribution in [2.45, 2.75) is 25.2 Å². The molecule has 41 heavy (non-hydrogen) atoms. The quantitative estimate of drug-likeness (QED) is 0.447. The fraction of sp³-hybridized carbons (Fsp3) is 0.407. The summed E-state index contributed by atoms with van der Waals surface area (Å²) >= 11 is 0. The average Bonchev–Trinajstić information content (AvgIpc) is 2.88. The molecule has 0 aliphatic carbocycles. The summed E-state index contributed by atoms with van der Waals surface area (Å²) in [7, 11) is 3.77. The van der Waals surface area contributed by atoms with Gasteiger partial charge in [-0.3, -0.25) is 14.2 Å². The first-order chi connectivity index (χ1) is 19.3. The van der Waals surface area contributed by atoms with Crippen LogP contribution in [0.5, 0.6) is 0 Å². The molecule has 0 saturated carbocycles. The lowest BCUT2D eigenvalue weighted by Crippen LogP contribution is -2.50. The Bertz CT molecular complexity index is 1520. The van der Waals surface area contributed by atoms with Gasteiger partial charge in [0, 0.05) is 68.5 Å². The van der Waals surface area contributed by atoms with Crippen LogP contribution in [0.4, 0.5) is 29.2 Å². The minimum Gasteiger partial charge on any atom is -0.377 e. The molecule has 2 saturated heterocycles. The third-order valence-corrected chi connectivity index (χ3v) is 7.68. The van der Waals surface area contributed by atoms with E-state index in [1.54, 1.807) is 0 Å². The molecular weight excluding hydrogens is 546 g/mol. The third kappa shape index (κ3) is 5.48. The first-order valence-electron chi connectivity index (χ1n) is 12.9. The molecule has 1 aromatic carbocycles. The third-order valence-electron chi connectivity index (χ3n) is 7.68. The maximum absolute atomic E-state index is 15.7. The van der Waals surface area contributed by atoms with E-state index in [2.05, 4.69) is 14.9 Å². The molecule has 2 fully saturated rings. The molecule has 0 bridgehead atoms. The fourth-order valence-electron chi connectivity index (χ4n) is 4.89. The van der Waals surface area contributed by atoms with Crippen LogP contribution in [0.1, 0.15) is 22.8 Å². The second kappa shape index (κ2) is 10.7. The van der Waals surface area contributed by atoms with Crippen LogP contribution in [0.25, 0.3) is 16.8 Å². The molecule has 0 unspecified atom stereocenters. The number of alkyl halides is 3. The van der Waals surface area contributed by atoms with E-state index in [4.69, 9.17) is 10.5 Å². The van der Waals surface area contributed by atoms with Crippen molar-refractivity contribution >= 4 is 17.5 Å². The number of ether oxygens (including phenoxy) is 1. The van der Waals surface area contributed by atoms with Crippen LogP contribution in [-0.2, 0) is 10.9 Å². The number of amides is 1. The number of rotatable bonds is 6. The number of nitrogens with two attached hydrogens (primary N) is 1. The Morgan fingerprint density at radius 1 is 1.12 bits per heavy atom. The number of hydrogen-bond acceptors (Lipinski definition) is 8. The van der Waals surface area contributed by atoms with Crippen molar-refractivity contribution in [3.63, 3.8) is 0 Å². The molecule has 2 aliphatic rings. The van der Waals surface area contributed by atoms with E-state index in [9.17, 15) is 22.8 Å². The smallest absolute Gasteiger partial charge is 0.377 e. The van der Waals surface area contributed by atoms with Crippen molar-refractivity contribution in [2.75, 3.05) is 56.7 Å². The van der Waals surface area contributed by atoms with Crippen molar-refractivity contribution in [1.29, 1.82) is 0 Å². The molecule has 14 heteroatoms. The maximum atomic E-state index is 15.7. The van der Waals surface area contributed by atoms with Gasteiger partial charge in [-0.15, -0.1) is 0 Å². The predicted molar refractivity (Wildman–Crippen MR) is 144 cm³/mol. The van der Waals surface area contributed by atoms with Crippen molar-refractivity contribution in [2.24, 2.45) is 5.73 Å². The number of carbonyl (C=O) groups excluding carboxylic acids is 1. The Hall–Kier alpha value is -4.04. The summed E-state index contributed by atoms with van der Waals surface area (Å²) in [5, 5.41) is 0. The minimum absolute atomic E-state index is 0.0273. The van der Waals surface area contributed by atoms with E-state index in [0.29, 0.717) is 50.4 Å². The van der Waals surface area contributed by atoms with E-state index >= 15 is 4.39 Å². The van der Waals surface area contributed by atoms with E-state index in [1.807, 2.05) is 30.8 Å². The van der Waals surface area contributed by atoms with Crippen molar-refractivity contribution in [1.82, 2.24) is 19.4 Å². The van der Waals surface area contributed by atoms with Gasteiger partial charge in [0.1, 0.15) is 5.82 Å². The van der Waals surface area contributed by atoms with Crippen molar-refractivity contribution in [3.8, 4) is 16.8 Å². The number of nitrogens with zero attached hydrogens (tertiary/aromatic N) is 6. The van der Waals surface area contributed by atoms with Gasteiger partial charge in [-0.05, 0) is 26.1 Å². The summed E-state index contributed by atoms with van der Waals surface area (Å²) in [4.78, 5) is 39.7. The molecule has 218 valence electrons. The summed E-state index contributed by atoms with van der Waals surface area (Å²) in [6.45, 7) is 4.64. The molecule has 1 amide bonds. The van der Waals surface area contributed by atoms with Crippen LogP contribution in [0.3, 0.4) is 0 Å². The molecule has 3 aromatic rings. The first kappa shape index (κ1) is 28.5. The van der Waals surface area contributed by atoms with Crippen molar-refractivity contribution in [3.05, 3.63) is 64.1 Å². The highest BCUT2D eigenvalue weighted by Crippen LogP contribution is 2.35. The molecule has 5 rings (SSSR count). The molecule has 2 aromatic heterocycles. The fourth-order valence-corrected chi connectivity index (χ4v) is 4.89. The van der Waals surface area contributed by atoms with Crippen LogP contribution in [0.15, 0.2) is 41.6 Å². The van der Waals surface area contributed by atoms with E-state index in [-0.39, 0.29) is 29.0 Å². The Kier molecular flexibility index (Phi) is 7.46. The standard InChI is InChI=1S/C27H29F4N7O3/c1-15-11-37(5-4-35(15)2)22-8-21(28)18(16-9-33-26(34-10-16)36(3)17-13-41-14-17)6-23(22)38-12-19(25(32)40)20(7-24(38)39)27(29,30)31/h6-10,12,15,17H,4-5,11,13-14H2,1-3H3,(H2,32,40)/t15-/m1/s1. The Morgan fingerprint density at radius 2 is 1.80 bits per heavy atom. The number of benzene rings is 1. The average molecular weight is 576 g/mol. The monoisotopic (exact) mass is 575 g/mol. The summed E-state index contributed by atoms with van der Waals surface area (Å²) in [5.74, 6) is -1.58. The lowest BCUT2D eigenvalue weighted by Gasteiger charge is -2.40. The van der Waals surface area contributed by atoms with Gasteiger partial charge in [-0.2, -0.15) is 13.2 Å². The number of halogens is 4. The van der Waals surface area contributed by atoms with E-state index in [1.165, 1.54) is 24.5 Å². The summed E-state index contributed by atoms with van der Waals surface area (Å²) in [6.07, 6.45) is -1.35. The molecule has 2 aliphatic heterocycles. The number of carbonyl (C=O) groups is 1. The van der Waals surface area contributed by atoms with Crippen molar-refractivity contribution < 1.29 is 27.1 Å². The number of piperazine rings is 1. The Balaban J connectivity index is 1.66. The van der Waals surface area contributed by atoms with E-state index < -0.39 is 34.6 Å². The Morgan fingerprint density at radius 3 is 2.37 bits per heavy atom. The molecule has 0 radical (unpaired) electrons. The first-order valence-corrected chi connectivity index (χ1v) is 12.9. The molecular formula is C27H29F4N7O3. The number of likely N-dealkylation sites (N-methyl/N-ethyl adjacent to an activating group) is 2. The zero-order valence-electron chi connectivity index (χ0n) is 22.7. The highest BCUT2D eigenvalue weighted by atomic mass is 19.4. The number of hydrogen-bond donors (Lipinski definition) is 1. The summed E-state index contributed by atoms with van der Waals surface area (Å²) in [6, 6.07) is 3.12. The number of anilines is 2. The lowest BCUT2D eigenvalue weighted by molar-refractivity contribution is -0.138. The Labute approximate surface area is 233 Å². The zero-order chi connectivity index (χ0) is 29.6. The van der Waals surface area contributed by atoms with E-state index in [0.717, 1.165) is 10.8 Å². The zero-order valence-corrected chi connectivity index (χ0v) is 22.7.